The van der Waals surface area contributed by atoms with Crippen molar-refractivity contribution in [1.29, 1.82) is 0 Å². The van der Waals surface area contributed by atoms with Crippen molar-refractivity contribution in [2.45, 2.75) is 57.4 Å². The molecule has 4 rings (SSSR count). The summed E-state index contributed by atoms with van der Waals surface area (Å²) in [4.78, 5) is 7.05. The van der Waals surface area contributed by atoms with Crippen LogP contribution in [0.15, 0.2) is 10.6 Å². The molecule has 1 aliphatic carbocycles. The highest BCUT2D eigenvalue weighted by molar-refractivity contribution is 5.13. The molecule has 1 N–H and O–H groups in total. The molecular weight excluding hydrogens is 278 g/mol. The molecule has 0 aromatic carbocycles. The Balaban J connectivity index is 1.46. The van der Waals surface area contributed by atoms with E-state index in [-0.39, 0.29) is 6.04 Å². The molecule has 6 heteroatoms. The number of likely N-dealkylation sites (tertiary alicyclic amines) is 1. The fourth-order valence-electron chi connectivity index (χ4n) is 3.33. The smallest absolute Gasteiger partial charge is 0.243 e. The van der Waals surface area contributed by atoms with Crippen molar-refractivity contribution in [3.05, 3.63) is 29.2 Å². The number of nitrogens with zero attached hydrogens (tertiary/aromatic N) is 4. The Morgan fingerprint density at radius 3 is 2.91 bits per heavy atom. The molecule has 0 radical (unpaired) electrons. The molecule has 0 amide bonds. The summed E-state index contributed by atoms with van der Waals surface area (Å²) in [5.74, 6) is 2.71. The molecule has 118 valence electrons. The van der Waals surface area contributed by atoms with Gasteiger partial charge in [0.15, 0.2) is 5.82 Å². The Morgan fingerprint density at radius 1 is 1.32 bits per heavy atom. The zero-order valence-electron chi connectivity index (χ0n) is 13.2. The van der Waals surface area contributed by atoms with Gasteiger partial charge in [-0.2, -0.15) is 10.1 Å². The second-order valence-electron chi connectivity index (χ2n) is 6.75. The van der Waals surface area contributed by atoms with Crippen molar-refractivity contribution in [2.24, 2.45) is 0 Å². The summed E-state index contributed by atoms with van der Waals surface area (Å²) < 4.78 is 5.50. The van der Waals surface area contributed by atoms with Gasteiger partial charge in [0.1, 0.15) is 0 Å². The lowest BCUT2D eigenvalue weighted by atomic mass is 9.93. The minimum absolute atomic E-state index is 0.183. The van der Waals surface area contributed by atoms with Crippen LogP contribution in [0.4, 0.5) is 0 Å². The molecule has 2 aromatic heterocycles. The molecule has 1 saturated heterocycles. The van der Waals surface area contributed by atoms with Gasteiger partial charge in [-0.15, -0.1) is 0 Å². The van der Waals surface area contributed by atoms with E-state index in [4.69, 9.17) is 4.52 Å². The third kappa shape index (κ3) is 2.67. The van der Waals surface area contributed by atoms with E-state index in [1.165, 1.54) is 31.4 Å². The van der Waals surface area contributed by atoms with Gasteiger partial charge in [0.2, 0.25) is 5.89 Å². The van der Waals surface area contributed by atoms with Crippen LogP contribution in [0.2, 0.25) is 0 Å². The quantitative estimate of drug-likeness (QED) is 0.940. The van der Waals surface area contributed by atoms with Crippen LogP contribution in [0.1, 0.15) is 73.6 Å². The highest BCUT2D eigenvalue weighted by atomic mass is 16.5. The molecule has 22 heavy (non-hydrogen) atoms. The standard InChI is InChI=1S/C16H23N5O/c1-10-8-14(19-18-10)13-4-3-7-21(9-13)11(2)16-17-15(20-22-16)12-5-6-12/h8,11-13H,3-7,9H2,1-2H3,(H,18,19)/t11-,13+/m1/s1. The molecule has 0 bridgehead atoms. The van der Waals surface area contributed by atoms with Gasteiger partial charge >= 0.3 is 0 Å². The monoisotopic (exact) mass is 301 g/mol. The summed E-state index contributed by atoms with van der Waals surface area (Å²) in [5.41, 5.74) is 2.31. The van der Waals surface area contributed by atoms with Gasteiger partial charge in [0, 0.05) is 24.1 Å². The molecule has 1 saturated carbocycles. The predicted molar refractivity (Wildman–Crippen MR) is 81.6 cm³/mol. The Kier molecular flexibility index (Phi) is 3.48. The minimum Gasteiger partial charge on any atom is -0.338 e. The van der Waals surface area contributed by atoms with E-state index in [2.05, 4.69) is 45.2 Å². The number of hydrogen-bond donors (Lipinski definition) is 1. The Hall–Kier alpha value is -1.69. The van der Waals surface area contributed by atoms with Crippen molar-refractivity contribution >= 4 is 0 Å². The minimum atomic E-state index is 0.183. The second-order valence-corrected chi connectivity index (χ2v) is 6.75. The molecule has 2 fully saturated rings. The maximum atomic E-state index is 5.50. The van der Waals surface area contributed by atoms with E-state index in [0.717, 1.165) is 30.5 Å². The van der Waals surface area contributed by atoms with Crippen LogP contribution in [-0.2, 0) is 0 Å². The average Bonchev–Trinajstić information content (AvgIpc) is 3.10. The van der Waals surface area contributed by atoms with E-state index in [1.807, 2.05) is 0 Å². The van der Waals surface area contributed by atoms with Crippen LogP contribution in [0.25, 0.3) is 0 Å². The van der Waals surface area contributed by atoms with E-state index in [0.29, 0.717) is 11.8 Å². The summed E-state index contributed by atoms with van der Waals surface area (Å²) in [7, 11) is 0. The molecule has 6 nitrogen and oxygen atoms in total. The van der Waals surface area contributed by atoms with Crippen LogP contribution < -0.4 is 0 Å². The molecule has 2 aromatic rings. The lowest BCUT2D eigenvalue weighted by molar-refractivity contribution is 0.132. The van der Waals surface area contributed by atoms with Crippen LogP contribution >= 0.6 is 0 Å². The predicted octanol–water partition coefficient (Wildman–Crippen LogP) is 2.92. The van der Waals surface area contributed by atoms with Crippen molar-refractivity contribution in [3.63, 3.8) is 0 Å². The van der Waals surface area contributed by atoms with Crippen LogP contribution in [0, 0.1) is 6.92 Å². The van der Waals surface area contributed by atoms with Gasteiger partial charge in [-0.1, -0.05) is 5.16 Å². The summed E-state index contributed by atoms with van der Waals surface area (Å²) in [6.45, 7) is 6.31. The first kappa shape index (κ1) is 13.9. The van der Waals surface area contributed by atoms with Crippen molar-refractivity contribution in [2.75, 3.05) is 13.1 Å². The van der Waals surface area contributed by atoms with Gasteiger partial charge in [0.25, 0.3) is 0 Å². The summed E-state index contributed by atoms with van der Waals surface area (Å²) in [5, 5.41) is 11.6. The maximum Gasteiger partial charge on any atom is 0.243 e. The van der Waals surface area contributed by atoms with Crippen molar-refractivity contribution in [1.82, 2.24) is 25.2 Å². The second kappa shape index (κ2) is 5.50. The van der Waals surface area contributed by atoms with E-state index < -0.39 is 0 Å². The summed E-state index contributed by atoms with van der Waals surface area (Å²) in [6, 6.07) is 2.35. The van der Waals surface area contributed by atoms with Gasteiger partial charge in [-0.25, -0.2) is 0 Å². The molecule has 3 heterocycles. The molecule has 0 spiro atoms. The number of aryl methyl sites for hydroxylation is 1. The van der Waals surface area contributed by atoms with Crippen LogP contribution in [0.3, 0.4) is 0 Å². The number of aromatic nitrogens is 4. The van der Waals surface area contributed by atoms with Crippen LogP contribution in [0.5, 0.6) is 0 Å². The molecule has 1 aliphatic heterocycles. The Labute approximate surface area is 130 Å². The number of rotatable bonds is 4. The molecular formula is C16H23N5O. The fraction of sp³-hybridized carbons (Fsp3) is 0.688. The summed E-state index contributed by atoms with van der Waals surface area (Å²) in [6.07, 6.45) is 4.80. The van der Waals surface area contributed by atoms with E-state index >= 15 is 0 Å². The third-order valence-corrected chi connectivity index (χ3v) is 4.90. The normalized spacial score (nSPS) is 24.5. The third-order valence-electron chi connectivity index (χ3n) is 4.90. The van der Waals surface area contributed by atoms with Crippen LogP contribution in [-0.4, -0.2) is 38.3 Å². The number of hydrogen-bond acceptors (Lipinski definition) is 5. The first-order valence-corrected chi connectivity index (χ1v) is 8.30. The van der Waals surface area contributed by atoms with Crippen molar-refractivity contribution in [3.8, 4) is 0 Å². The maximum absolute atomic E-state index is 5.50. The van der Waals surface area contributed by atoms with Gasteiger partial charge in [-0.05, 0) is 52.1 Å². The summed E-state index contributed by atoms with van der Waals surface area (Å²) >= 11 is 0. The van der Waals surface area contributed by atoms with Gasteiger partial charge < -0.3 is 4.52 Å². The lowest BCUT2D eigenvalue weighted by Gasteiger charge is -2.34. The zero-order valence-corrected chi connectivity index (χ0v) is 13.2. The highest BCUT2D eigenvalue weighted by Gasteiger charge is 2.32. The molecule has 0 unspecified atom stereocenters. The number of nitrogens with one attached hydrogen (secondary N) is 1. The number of piperidine rings is 1. The molecule has 2 aliphatic rings. The van der Waals surface area contributed by atoms with E-state index in [1.54, 1.807) is 0 Å². The number of aromatic amines is 1. The largest absolute Gasteiger partial charge is 0.338 e. The van der Waals surface area contributed by atoms with Crippen molar-refractivity contribution < 1.29 is 4.52 Å². The van der Waals surface area contributed by atoms with E-state index in [9.17, 15) is 0 Å². The fourth-order valence-corrected chi connectivity index (χ4v) is 3.33. The Bertz CT molecular complexity index is 645. The first-order chi connectivity index (χ1) is 10.7. The highest BCUT2D eigenvalue weighted by Crippen LogP contribution is 2.39. The first-order valence-electron chi connectivity index (χ1n) is 8.30. The average molecular weight is 301 g/mol. The Morgan fingerprint density at radius 2 is 2.18 bits per heavy atom. The lowest BCUT2D eigenvalue weighted by Crippen LogP contribution is -2.36. The topological polar surface area (TPSA) is 70.8 Å². The SMILES string of the molecule is Cc1cc([C@H]2CCCN([C@H](C)c3nc(C4CC4)no3)C2)n[nH]1. The van der Waals surface area contributed by atoms with Gasteiger partial charge in [-0.3, -0.25) is 10.00 Å². The van der Waals surface area contributed by atoms with Gasteiger partial charge in [0.05, 0.1) is 11.7 Å². The number of H-pyrrole nitrogens is 1. The molecule has 2 atom stereocenters. The zero-order chi connectivity index (χ0) is 15.1.